The van der Waals surface area contributed by atoms with E-state index in [0.29, 0.717) is 17.9 Å². The van der Waals surface area contributed by atoms with Gasteiger partial charge in [0, 0.05) is 30.7 Å². The molecular weight excluding hydrogens is 248 g/mol. The number of anilines is 1. The zero-order valence-electron chi connectivity index (χ0n) is 12.5. The van der Waals surface area contributed by atoms with Gasteiger partial charge in [0.15, 0.2) is 0 Å². The number of fused-ring (bicyclic) bond motifs is 1. The van der Waals surface area contributed by atoms with Gasteiger partial charge in [0.2, 0.25) is 0 Å². The molecule has 4 atom stereocenters. The summed E-state index contributed by atoms with van der Waals surface area (Å²) in [6.45, 7) is 4.34. The molecule has 0 aromatic heterocycles. The van der Waals surface area contributed by atoms with Gasteiger partial charge in [0.25, 0.3) is 0 Å². The Kier molecular flexibility index (Phi) is 3.99. The Morgan fingerprint density at radius 3 is 2.60 bits per heavy atom. The SMILES string of the molecule is CCC(NC)c1ccc(N2CC3CCC(O)C3C2)cc1. The number of nitrogens with one attached hydrogen (secondary N) is 1. The predicted molar refractivity (Wildman–Crippen MR) is 83.0 cm³/mol. The highest BCUT2D eigenvalue weighted by Crippen LogP contribution is 2.39. The molecule has 0 amide bonds. The Balaban J connectivity index is 1.70. The van der Waals surface area contributed by atoms with E-state index in [1.807, 2.05) is 7.05 Å². The van der Waals surface area contributed by atoms with Gasteiger partial charge in [0.05, 0.1) is 6.10 Å². The highest BCUT2D eigenvalue weighted by atomic mass is 16.3. The van der Waals surface area contributed by atoms with Gasteiger partial charge in [-0.05, 0) is 49.9 Å². The van der Waals surface area contributed by atoms with Crippen LogP contribution < -0.4 is 10.2 Å². The summed E-state index contributed by atoms with van der Waals surface area (Å²) in [4.78, 5) is 2.45. The maximum absolute atomic E-state index is 10.0. The van der Waals surface area contributed by atoms with Gasteiger partial charge in [-0.1, -0.05) is 19.1 Å². The van der Waals surface area contributed by atoms with Gasteiger partial charge < -0.3 is 15.3 Å². The first-order valence-electron chi connectivity index (χ1n) is 7.93. The van der Waals surface area contributed by atoms with Crippen LogP contribution in [0.2, 0.25) is 0 Å². The molecular formula is C17H26N2O. The molecule has 110 valence electrons. The van der Waals surface area contributed by atoms with Gasteiger partial charge in [-0.3, -0.25) is 0 Å². The molecule has 3 nitrogen and oxygen atoms in total. The third kappa shape index (κ3) is 2.45. The Morgan fingerprint density at radius 2 is 2.00 bits per heavy atom. The van der Waals surface area contributed by atoms with Gasteiger partial charge in [-0.25, -0.2) is 0 Å². The second-order valence-electron chi connectivity index (χ2n) is 6.31. The molecule has 3 heteroatoms. The molecule has 2 N–H and O–H groups in total. The van der Waals surface area contributed by atoms with Crippen molar-refractivity contribution in [3.05, 3.63) is 29.8 Å². The molecule has 1 heterocycles. The third-order valence-corrected chi connectivity index (χ3v) is 5.24. The largest absolute Gasteiger partial charge is 0.393 e. The first kappa shape index (κ1) is 13.9. The molecule has 2 aliphatic rings. The molecule has 0 spiro atoms. The van der Waals surface area contributed by atoms with E-state index in [1.54, 1.807) is 0 Å². The molecule has 20 heavy (non-hydrogen) atoms. The molecule has 1 aromatic rings. The smallest absolute Gasteiger partial charge is 0.0588 e. The highest BCUT2D eigenvalue weighted by molar-refractivity contribution is 5.49. The molecule has 2 fully saturated rings. The fourth-order valence-electron chi connectivity index (χ4n) is 3.97. The van der Waals surface area contributed by atoms with Crippen LogP contribution in [0.1, 0.15) is 37.8 Å². The summed E-state index contributed by atoms with van der Waals surface area (Å²) in [5.41, 5.74) is 2.67. The van der Waals surface area contributed by atoms with Crippen LogP contribution in [-0.2, 0) is 0 Å². The third-order valence-electron chi connectivity index (χ3n) is 5.24. The summed E-state index contributed by atoms with van der Waals surface area (Å²) < 4.78 is 0. The topological polar surface area (TPSA) is 35.5 Å². The van der Waals surface area contributed by atoms with Crippen LogP contribution >= 0.6 is 0 Å². The van der Waals surface area contributed by atoms with E-state index in [0.717, 1.165) is 25.9 Å². The molecule has 3 rings (SSSR count). The Bertz CT molecular complexity index is 441. The van der Waals surface area contributed by atoms with Crippen molar-refractivity contribution >= 4 is 5.69 Å². The van der Waals surface area contributed by atoms with Crippen molar-refractivity contribution in [2.75, 3.05) is 25.0 Å². The van der Waals surface area contributed by atoms with E-state index in [-0.39, 0.29) is 6.10 Å². The lowest BCUT2D eigenvalue weighted by molar-refractivity contribution is 0.133. The quantitative estimate of drug-likeness (QED) is 0.886. The molecule has 1 saturated carbocycles. The monoisotopic (exact) mass is 274 g/mol. The molecule has 1 aliphatic heterocycles. The number of rotatable bonds is 4. The van der Waals surface area contributed by atoms with Crippen molar-refractivity contribution in [2.24, 2.45) is 11.8 Å². The summed E-state index contributed by atoms with van der Waals surface area (Å²) in [6, 6.07) is 9.41. The lowest BCUT2D eigenvalue weighted by Crippen LogP contribution is -2.24. The number of nitrogens with zero attached hydrogens (tertiary/aromatic N) is 1. The predicted octanol–water partition coefficient (Wildman–Crippen LogP) is 2.56. The number of aliphatic hydroxyl groups is 1. The van der Waals surface area contributed by atoms with Crippen molar-refractivity contribution in [1.82, 2.24) is 5.32 Å². The van der Waals surface area contributed by atoms with Crippen molar-refractivity contribution in [2.45, 2.75) is 38.3 Å². The maximum Gasteiger partial charge on any atom is 0.0588 e. The van der Waals surface area contributed by atoms with E-state index in [1.165, 1.54) is 17.7 Å². The maximum atomic E-state index is 10.0. The standard InChI is InChI=1S/C17H26N2O/c1-3-16(18-2)12-4-7-14(8-5-12)19-10-13-6-9-17(20)15(13)11-19/h4-5,7-8,13,15-18,20H,3,6,9-11H2,1-2H3. The zero-order chi connectivity index (χ0) is 14.1. The fourth-order valence-corrected chi connectivity index (χ4v) is 3.97. The van der Waals surface area contributed by atoms with E-state index in [9.17, 15) is 5.11 Å². The summed E-state index contributed by atoms with van der Waals surface area (Å²) in [6.07, 6.45) is 3.23. The van der Waals surface area contributed by atoms with Crippen molar-refractivity contribution in [3.8, 4) is 0 Å². The van der Waals surface area contributed by atoms with Crippen LogP contribution in [0, 0.1) is 11.8 Å². The molecule has 1 aliphatic carbocycles. The normalized spacial score (nSPS) is 30.6. The fraction of sp³-hybridized carbons (Fsp3) is 0.647. The minimum absolute atomic E-state index is 0.0713. The molecule has 1 saturated heterocycles. The summed E-state index contributed by atoms with van der Waals surface area (Å²) in [5.74, 6) is 1.20. The van der Waals surface area contributed by atoms with Crippen molar-refractivity contribution in [1.29, 1.82) is 0 Å². The van der Waals surface area contributed by atoms with Crippen LogP contribution in [0.4, 0.5) is 5.69 Å². The van der Waals surface area contributed by atoms with Crippen LogP contribution in [0.25, 0.3) is 0 Å². The van der Waals surface area contributed by atoms with Crippen LogP contribution in [0.5, 0.6) is 0 Å². The van der Waals surface area contributed by atoms with Crippen LogP contribution in [0.15, 0.2) is 24.3 Å². The van der Waals surface area contributed by atoms with Crippen LogP contribution in [0.3, 0.4) is 0 Å². The number of aliphatic hydroxyl groups excluding tert-OH is 1. The van der Waals surface area contributed by atoms with Gasteiger partial charge in [-0.15, -0.1) is 0 Å². The Hall–Kier alpha value is -1.06. The van der Waals surface area contributed by atoms with Gasteiger partial charge in [0.1, 0.15) is 0 Å². The molecule has 0 radical (unpaired) electrons. The second-order valence-corrected chi connectivity index (χ2v) is 6.31. The van der Waals surface area contributed by atoms with Crippen molar-refractivity contribution < 1.29 is 5.11 Å². The van der Waals surface area contributed by atoms with Gasteiger partial charge in [-0.2, -0.15) is 0 Å². The number of hydrogen-bond donors (Lipinski definition) is 2. The van der Waals surface area contributed by atoms with Crippen LogP contribution in [-0.4, -0.2) is 31.3 Å². The van der Waals surface area contributed by atoms with Crippen molar-refractivity contribution in [3.63, 3.8) is 0 Å². The minimum Gasteiger partial charge on any atom is -0.393 e. The lowest BCUT2D eigenvalue weighted by atomic mass is 10.00. The summed E-state index contributed by atoms with van der Waals surface area (Å²) in [7, 11) is 2.02. The first-order chi connectivity index (χ1) is 9.72. The molecule has 4 unspecified atom stereocenters. The summed E-state index contributed by atoms with van der Waals surface area (Å²) >= 11 is 0. The summed E-state index contributed by atoms with van der Waals surface area (Å²) in [5, 5.41) is 13.4. The number of benzene rings is 1. The van der Waals surface area contributed by atoms with E-state index >= 15 is 0 Å². The molecule has 1 aromatic carbocycles. The Morgan fingerprint density at radius 1 is 1.25 bits per heavy atom. The van der Waals surface area contributed by atoms with E-state index in [2.05, 4.69) is 41.4 Å². The van der Waals surface area contributed by atoms with Gasteiger partial charge >= 0.3 is 0 Å². The Labute approximate surface area is 122 Å². The average molecular weight is 274 g/mol. The second kappa shape index (κ2) is 5.74. The zero-order valence-corrected chi connectivity index (χ0v) is 12.5. The highest BCUT2D eigenvalue weighted by Gasteiger charge is 2.41. The van der Waals surface area contributed by atoms with E-state index in [4.69, 9.17) is 0 Å². The first-order valence-corrected chi connectivity index (χ1v) is 7.93. The molecule has 0 bridgehead atoms. The lowest BCUT2D eigenvalue weighted by Gasteiger charge is -2.22. The van der Waals surface area contributed by atoms with E-state index < -0.39 is 0 Å². The minimum atomic E-state index is -0.0713. The number of hydrogen-bond acceptors (Lipinski definition) is 3. The average Bonchev–Trinajstić information content (AvgIpc) is 3.04.